The Morgan fingerprint density at radius 3 is 2.33 bits per heavy atom. The summed E-state index contributed by atoms with van der Waals surface area (Å²) in [5.74, 6) is 0. The van der Waals surface area contributed by atoms with Crippen LogP contribution >= 0.6 is 0 Å². The first-order valence-corrected chi connectivity index (χ1v) is 10.6. The predicted octanol–water partition coefficient (Wildman–Crippen LogP) is 2.15. The summed E-state index contributed by atoms with van der Waals surface area (Å²) >= 11 is 0. The highest BCUT2D eigenvalue weighted by Gasteiger charge is 2.36. The van der Waals surface area contributed by atoms with Gasteiger partial charge in [0, 0.05) is 45.4 Å². The standard InChI is InChI=1S/C17H24F3N3O3S/c1-2-14-15(3-4-16(21-14)17(18,19)20)27(24,25)23-9-7-22(8-10-23)13-5-11-26-12-6-13/h3-4,13H,2,5-12H2,1H3. The molecule has 0 N–H and O–H groups in total. The Hall–Kier alpha value is -1.23. The molecule has 0 atom stereocenters. The van der Waals surface area contributed by atoms with Crippen molar-refractivity contribution in [2.45, 2.75) is 43.3 Å². The van der Waals surface area contributed by atoms with Gasteiger partial charge in [0.25, 0.3) is 0 Å². The van der Waals surface area contributed by atoms with Crippen molar-refractivity contribution in [3.05, 3.63) is 23.5 Å². The Labute approximate surface area is 157 Å². The van der Waals surface area contributed by atoms with Crippen LogP contribution in [0.3, 0.4) is 0 Å². The normalized spacial score (nSPS) is 21.5. The number of aryl methyl sites for hydroxylation is 1. The third-order valence-corrected chi connectivity index (χ3v) is 7.13. The minimum Gasteiger partial charge on any atom is -0.381 e. The van der Waals surface area contributed by atoms with E-state index in [0.717, 1.165) is 38.2 Å². The van der Waals surface area contributed by atoms with Crippen LogP contribution in [0.5, 0.6) is 0 Å². The molecule has 0 aromatic carbocycles. The lowest BCUT2D eigenvalue weighted by molar-refractivity contribution is -0.141. The highest BCUT2D eigenvalue weighted by Crippen LogP contribution is 2.30. The number of halogens is 3. The van der Waals surface area contributed by atoms with Crippen molar-refractivity contribution in [3.8, 4) is 0 Å². The maximum absolute atomic E-state index is 13.0. The van der Waals surface area contributed by atoms with Gasteiger partial charge in [0.2, 0.25) is 10.0 Å². The second kappa shape index (κ2) is 8.02. The van der Waals surface area contributed by atoms with Crippen molar-refractivity contribution in [2.24, 2.45) is 0 Å². The van der Waals surface area contributed by atoms with Crippen molar-refractivity contribution in [3.63, 3.8) is 0 Å². The zero-order valence-corrected chi connectivity index (χ0v) is 16.0. The molecule has 2 saturated heterocycles. The second-order valence-electron chi connectivity index (χ2n) is 6.78. The van der Waals surface area contributed by atoms with Crippen LogP contribution in [0.15, 0.2) is 17.0 Å². The minimum absolute atomic E-state index is 0.0447. The highest BCUT2D eigenvalue weighted by molar-refractivity contribution is 7.89. The molecule has 0 saturated carbocycles. The molecular formula is C17H24F3N3O3S. The summed E-state index contributed by atoms with van der Waals surface area (Å²) in [5, 5.41) is 0. The van der Waals surface area contributed by atoms with Gasteiger partial charge in [-0.1, -0.05) is 6.92 Å². The topological polar surface area (TPSA) is 62.7 Å². The summed E-state index contributed by atoms with van der Waals surface area (Å²) < 4.78 is 71.3. The van der Waals surface area contributed by atoms with Crippen LogP contribution in [-0.4, -0.2) is 68.0 Å². The molecule has 2 aliphatic rings. The van der Waals surface area contributed by atoms with E-state index >= 15 is 0 Å². The first kappa shape index (κ1) is 20.5. The molecule has 152 valence electrons. The average Bonchev–Trinajstić information content (AvgIpc) is 2.67. The largest absolute Gasteiger partial charge is 0.433 e. The second-order valence-corrected chi connectivity index (χ2v) is 8.68. The molecule has 6 nitrogen and oxygen atoms in total. The number of pyridine rings is 1. The Bertz CT molecular complexity index is 756. The van der Waals surface area contributed by atoms with Crippen LogP contribution in [0.1, 0.15) is 31.2 Å². The van der Waals surface area contributed by atoms with E-state index in [1.807, 2.05) is 0 Å². The first-order valence-electron chi connectivity index (χ1n) is 9.12. The Balaban J connectivity index is 1.75. The number of hydrogen-bond donors (Lipinski definition) is 0. The van der Waals surface area contributed by atoms with E-state index < -0.39 is 21.9 Å². The molecule has 2 aliphatic heterocycles. The van der Waals surface area contributed by atoms with Gasteiger partial charge in [0.05, 0.1) is 5.69 Å². The number of ether oxygens (including phenoxy) is 1. The van der Waals surface area contributed by atoms with Gasteiger partial charge in [-0.3, -0.25) is 4.90 Å². The van der Waals surface area contributed by atoms with Crippen molar-refractivity contribution in [1.82, 2.24) is 14.2 Å². The first-order chi connectivity index (χ1) is 12.7. The molecule has 2 fully saturated rings. The summed E-state index contributed by atoms with van der Waals surface area (Å²) in [6, 6.07) is 2.18. The van der Waals surface area contributed by atoms with E-state index in [-0.39, 0.29) is 17.0 Å². The van der Waals surface area contributed by atoms with Crippen LogP contribution in [0, 0.1) is 0 Å². The predicted molar refractivity (Wildman–Crippen MR) is 92.8 cm³/mol. The molecule has 1 aromatic heterocycles. The average molecular weight is 407 g/mol. The third-order valence-electron chi connectivity index (χ3n) is 5.16. The number of hydrogen-bond acceptors (Lipinski definition) is 5. The number of rotatable bonds is 4. The number of aromatic nitrogens is 1. The SMILES string of the molecule is CCc1nc(C(F)(F)F)ccc1S(=O)(=O)N1CCN(C2CCOCC2)CC1. The molecule has 0 amide bonds. The van der Waals surface area contributed by atoms with Crippen LogP contribution in [-0.2, 0) is 27.4 Å². The van der Waals surface area contributed by atoms with Gasteiger partial charge in [-0.25, -0.2) is 13.4 Å². The zero-order chi connectivity index (χ0) is 19.7. The van der Waals surface area contributed by atoms with Crippen LogP contribution in [0.25, 0.3) is 0 Å². The van der Waals surface area contributed by atoms with Gasteiger partial charge < -0.3 is 4.74 Å². The fourth-order valence-electron chi connectivity index (χ4n) is 3.63. The molecule has 0 spiro atoms. The fourth-order valence-corrected chi connectivity index (χ4v) is 5.28. The van der Waals surface area contributed by atoms with Gasteiger partial charge in [-0.2, -0.15) is 17.5 Å². The zero-order valence-electron chi connectivity index (χ0n) is 15.2. The van der Waals surface area contributed by atoms with E-state index in [0.29, 0.717) is 32.2 Å². The van der Waals surface area contributed by atoms with E-state index in [4.69, 9.17) is 4.74 Å². The molecule has 3 rings (SSSR count). The van der Waals surface area contributed by atoms with Crippen molar-refractivity contribution >= 4 is 10.0 Å². The van der Waals surface area contributed by atoms with Crippen molar-refractivity contribution in [2.75, 3.05) is 39.4 Å². The molecular weight excluding hydrogens is 383 g/mol. The summed E-state index contributed by atoms with van der Waals surface area (Å²) in [6.07, 6.45) is -2.60. The molecule has 0 aliphatic carbocycles. The summed E-state index contributed by atoms with van der Waals surface area (Å²) in [5.41, 5.74) is -1.11. The van der Waals surface area contributed by atoms with Crippen molar-refractivity contribution in [1.29, 1.82) is 0 Å². The van der Waals surface area contributed by atoms with E-state index in [1.54, 1.807) is 6.92 Å². The lowest BCUT2D eigenvalue weighted by Gasteiger charge is -2.40. The molecule has 27 heavy (non-hydrogen) atoms. The van der Waals surface area contributed by atoms with E-state index in [9.17, 15) is 21.6 Å². The van der Waals surface area contributed by atoms with Gasteiger partial charge in [-0.05, 0) is 31.4 Å². The minimum atomic E-state index is -4.60. The molecule has 1 aromatic rings. The smallest absolute Gasteiger partial charge is 0.381 e. The van der Waals surface area contributed by atoms with Gasteiger partial charge in [0.15, 0.2) is 0 Å². The Morgan fingerprint density at radius 2 is 1.78 bits per heavy atom. The van der Waals surface area contributed by atoms with Crippen LogP contribution in [0.2, 0.25) is 0 Å². The number of piperazine rings is 1. The maximum atomic E-state index is 13.0. The van der Waals surface area contributed by atoms with Gasteiger partial charge in [-0.15, -0.1) is 0 Å². The molecule has 0 bridgehead atoms. The number of alkyl halides is 3. The number of sulfonamides is 1. The fraction of sp³-hybridized carbons (Fsp3) is 0.706. The number of nitrogens with zero attached hydrogens (tertiary/aromatic N) is 3. The highest BCUT2D eigenvalue weighted by atomic mass is 32.2. The quantitative estimate of drug-likeness (QED) is 0.765. The Kier molecular flexibility index (Phi) is 6.09. The Morgan fingerprint density at radius 1 is 1.15 bits per heavy atom. The van der Waals surface area contributed by atoms with Gasteiger partial charge >= 0.3 is 6.18 Å². The molecule has 10 heteroatoms. The lowest BCUT2D eigenvalue weighted by Crippen LogP contribution is -2.53. The van der Waals surface area contributed by atoms with Crippen molar-refractivity contribution < 1.29 is 26.3 Å². The molecule has 3 heterocycles. The summed E-state index contributed by atoms with van der Waals surface area (Å²) in [6.45, 7) is 4.91. The summed E-state index contributed by atoms with van der Waals surface area (Å²) in [4.78, 5) is 5.71. The maximum Gasteiger partial charge on any atom is 0.433 e. The van der Waals surface area contributed by atoms with E-state index in [1.165, 1.54) is 4.31 Å². The van der Waals surface area contributed by atoms with E-state index in [2.05, 4.69) is 9.88 Å². The molecule has 0 unspecified atom stereocenters. The monoisotopic (exact) mass is 407 g/mol. The third kappa shape index (κ3) is 4.44. The van der Waals surface area contributed by atoms with Crippen LogP contribution < -0.4 is 0 Å². The molecule has 0 radical (unpaired) electrons. The van der Waals surface area contributed by atoms with Crippen LogP contribution in [0.4, 0.5) is 13.2 Å². The van der Waals surface area contributed by atoms with Gasteiger partial charge in [0.1, 0.15) is 10.6 Å². The summed E-state index contributed by atoms with van der Waals surface area (Å²) in [7, 11) is -3.87. The lowest BCUT2D eigenvalue weighted by atomic mass is 10.1.